The van der Waals surface area contributed by atoms with Gasteiger partial charge >= 0.3 is 5.90 Å². The number of hydrogen-bond acceptors (Lipinski definition) is 1. The molecule has 1 saturated heterocycles. The summed E-state index contributed by atoms with van der Waals surface area (Å²) in [5.74, 6) is 3.19. The van der Waals surface area contributed by atoms with Crippen LogP contribution in [0.2, 0.25) is 0 Å². The third-order valence-electron chi connectivity index (χ3n) is 1.71. The minimum absolute atomic E-state index is 0.678. The molecule has 0 aromatic carbocycles. The number of rotatable bonds is 0. The molecule has 2 heteroatoms. The Balaban J connectivity index is 2.72. The van der Waals surface area contributed by atoms with Gasteiger partial charge in [-0.05, 0) is 0 Å². The molecule has 1 rings (SSSR count). The van der Waals surface area contributed by atoms with Crippen LogP contribution in [-0.2, 0) is 4.74 Å². The van der Waals surface area contributed by atoms with Gasteiger partial charge in [0.2, 0.25) is 0 Å². The van der Waals surface area contributed by atoms with E-state index in [1.54, 1.807) is 7.11 Å². The van der Waals surface area contributed by atoms with Crippen LogP contribution in [0.5, 0.6) is 0 Å². The molecule has 0 atom stereocenters. The highest BCUT2D eigenvalue weighted by Crippen LogP contribution is 2.01. The van der Waals surface area contributed by atoms with E-state index < -0.39 is 0 Å². The van der Waals surface area contributed by atoms with Crippen molar-refractivity contribution >= 4 is 5.90 Å². The fourth-order valence-corrected chi connectivity index (χ4v) is 1.20. The maximum atomic E-state index is 5.21. The molecule has 0 spiro atoms. The molecule has 0 aromatic rings. The Hall–Kier alpha value is -0.970. The minimum atomic E-state index is 0.678. The molecule has 0 saturated carbocycles. The molecule has 1 aliphatic heterocycles. The van der Waals surface area contributed by atoms with Gasteiger partial charge in [0.15, 0.2) is 0 Å². The highest BCUT2D eigenvalue weighted by Gasteiger charge is 2.18. The van der Waals surface area contributed by atoms with E-state index >= 15 is 0 Å². The SMILES string of the molecule is C#CC(OC)=[N+]1CCCC1. The Morgan fingerprint density at radius 1 is 1.50 bits per heavy atom. The average molecular weight is 138 g/mol. The highest BCUT2D eigenvalue weighted by atomic mass is 16.5. The van der Waals surface area contributed by atoms with E-state index in [0.717, 1.165) is 13.1 Å². The topological polar surface area (TPSA) is 12.2 Å². The molecule has 1 aliphatic rings. The van der Waals surface area contributed by atoms with Crippen LogP contribution in [-0.4, -0.2) is 30.7 Å². The first kappa shape index (κ1) is 7.14. The fraction of sp³-hybridized carbons (Fsp3) is 0.625. The monoisotopic (exact) mass is 138 g/mol. The van der Waals surface area contributed by atoms with Crippen LogP contribution in [0.4, 0.5) is 0 Å². The third-order valence-corrected chi connectivity index (χ3v) is 1.71. The first-order valence-corrected chi connectivity index (χ1v) is 3.51. The molecule has 0 N–H and O–H groups in total. The van der Waals surface area contributed by atoms with Crippen molar-refractivity contribution in [3.05, 3.63) is 0 Å². The van der Waals surface area contributed by atoms with Crippen molar-refractivity contribution < 1.29 is 9.31 Å². The van der Waals surface area contributed by atoms with Crippen LogP contribution < -0.4 is 0 Å². The minimum Gasteiger partial charge on any atom is -0.441 e. The molecule has 0 unspecified atom stereocenters. The summed E-state index contributed by atoms with van der Waals surface area (Å²) in [6.07, 6.45) is 7.67. The smallest absolute Gasteiger partial charge is 0.417 e. The van der Waals surface area contributed by atoms with Gasteiger partial charge in [-0.2, -0.15) is 4.58 Å². The summed E-state index contributed by atoms with van der Waals surface area (Å²) in [6, 6.07) is 0. The van der Waals surface area contributed by atoms with Gasteiger partial charge in [0.25, 0.3) is 0 Å². The van der Waals surface area contributed by atoms with Gasteiger partial charge in [0.1, 0.15) is 13.1 Å². The second kappa shape index (κ2) is 3.26. The molecule has 0 aliphatic carbocycles. The summed E-state index contributed by atoms with van der Waals surface area (Å²) in [4.78, 5) is 0. The predicted molar refractivity (Wildman–Crippen MR) is 40.1 cm³/mol. The van der Waals surface area contributed by atoms with E-state index in [4.69, 9.17) is 11.2 Å². The second-order valence-corrected chi connectivity index (χ2v) is 2.35. The second-order valence-electron chi connectivity index (χ2n) is 2.35. The van der Waals surface area contributed by atoms with Gasteiger partial charge < -0.3 is 4.74 Å². The first-order valence-electron chi connectivity index (χ1n) is 3.51. The Morgan fingerprint density at radius 3 is 2.50 bits per heavy atom. The van der Waals surface area contributed by atoms with Crippen molar-refractivity contribution in [2.75, 3.05) is 20.2 Å². The van der Waals surface area contributed by atoms with Gasteiger partial charge in [0, 0.05) is 18.8 Å². The summed E-state index contributed by atoms with van der Waals surface area (Å²) in [6.45, 7) is 2.10. The molecule has 1 fully saturated rings. The van der Waals surface area contributed by atoms with E-state index in [-0.39, 0.29) is 0 Å². The Kier molecular flexibility index (Phi) is 2.33. The van der Waals surface area contributed by atoms with Crippen LogP contribution in [0.1, 0.15) is 12.8 Å². The molecule has 10 heavy (non-hydrogen) atoms. The molecule has 0 amide bonds. The number of methoxy groups -OCH3 is 1. The number of hydrogen-bond donors (Lipinski definition) is 0. The zero-order chi connectivity index (χ0) is 7.40. The lowest BCUT2D eigenvalue weighted by atomic mass is 10.4. The molecule has 54 valence electrons. The largest absolute Gasteiger partial charge is 0.441 e. The normalized spacial score (nSPS) is 16.6. The van der Waals surface area contributed by atoms with E-state index in [1.807, 2.05) is 0 Å². The van der Waals surface area contributed by atoms with Crippen LogP contribution in [0.15, 0.2) is 0 Å². The fourth-order valence-electron chi connectivity index (χ4n) is 1.20. The van der Waals surface area contributed by atoms with Crippen LogP contribution in [0, 0.1) is 12.3 Å². The van der Waals surface area contributed by atoms with Crippen LogP contribution >= 0.6 is 0 Å². The van der Waals surface area contributed by atoms with E-state index in [9.17, 15) is 0 Å². The van der Waals surface area contributed by atoms with Crippen LogP contribution in [0.3, 0.4) is 0 Å². The van der Waals surface area contributed by atoms with Crippen molar-refractivity contribution in [2.45, 2.75) is 12.8 Å². The number of nitrogens with zero attached hydrogens (tertiary/aromatic N) is 1. The lowest BCUT2D eigenvalue weighted by Gasteiger charge is -1.94. The highest BCUT2D eigenvalue weighted by molar-refractivity contribution is 5.88. The van der Waals surface area contributed by atoms with Crippen molar-refractivity contribution in [1.82, 2.24) is 0 Å². The zero-order valence-corrected chi connectivity index (χ0v) is 6.26. The molecule has 0 radical (unpaired) electrons. The lowest BCUT2D eigenvalue weighted by molar-refractivity contribution is -0.513. The summed E-state index contributed by atoms with van der Waals surface area (Å²) in [5, 5.41) is 0. The van der Waals surface area contributed by atoms with Crippen molar-refractivity contribution in [2.24, 2.45) is 0 Å². The van der Waals surface area contributed by atoms with Crippen molar-refractivity contribution in [3.8, 4) is 12.3 Å². The van der Waals surface area contributed by atoms with Crippen molar-refractivity contribution in [3.63, 3.8) is 0 Å². The van der Waals surface area contributed by atoms with E-state index in [0.29, 0.717) is 5.90 Å². The summed E-state index contributed by atoms with van der Waals surface area (Å²) in [7, 11) is 1.62. The molecule has 0 bridgehead atoms. The quantitative estimate of drug-likeness (QED) is 0.269. The Bertz CT molecular complexity index is 180. The average Bonchev–Trinajstić information content (AvgIpc) is 2.43. The number of ether oxygens (including phenoxy) is 1. The first-order chi connectivity index (χ1) is 4.88. The predicted octanol–water partition coefficient (Wildman–Crippen LogP) is 0.471. The number of terminal acetylenes is 1. The van der Waals surface area contributed by atoms with Crippen molar-refractivity contribution in [1.29, 1.82) is 0 Å². The maximum Gasteiger partial charge on any atom is 0.417 e. The van der Waals surface area contributed by atoms with Gasteiger partial charge in [-0.25, -0.2) is 0 Å². The van der Waals surface area contributed by atoms with Gasteiger partial charge in [0.05, 0.1) is 7.11 Å². The molecule has 1 heterocycles. The zero-order valence-electron chi connectivity index (χ0n) is 6.26. The summed E-state index contributed by atoms with van der Waals surface area (Å²) in [5.41, 5.74) is 0. The Morgan fingerprint density at radius 2 is 2.10 bits per heavy atom. The molecule has 0 aromatic heterocycles. The summed E-state index contributed by atoms with van der Waals surface area (Å²) < 4.78 is 7.09. The van der Waals surface area contributed by atoms with Gasteiger partial charge in [-0.3, -0.25) is 0 Å². The summed E-state index contributed by atoms with van der Waals surface area (Å²) >= 11 is 0. The lowest BCUT2D eigenvalue weighted by Crippen LogP contribution is -2.18. The maximum absolute atomic E-state index is 5.21. The molecule has 2 nitrogen and oxygen atoms in total. The third kappa shape index (κ3) is 1.30. The Labute approximate surface area is 61.5 Å². The van der Waals surface area contributed by atoms with Gasteiger partial charge in [-0.15, -0.1) is 6.42 Å². The standard InChI is InChI=1S/C8H12NO/c1-3-8(10-2)9-6-4-5-7-9/h1H,4-7H2,2H3/q+1. The molecular weight excluding hydrogens is 126 g/mol. The van der Waals surface area contributed by atoms with E-state index in [1.165, 1.54) is 12.8 Å². The van der Waals surface area contributed by atoms with Gasteiger partial charge in [-0.1, -0.05) is 0 Å². The van der Waals surface area contributed by atoms with Crippen LogP contribution in [0.25, 0.3) is 0 Å². The molecular formula is C8H12NO+. The van der Waals surface area contributed by atoms with E-state index in [2.05, 4.69) is 10.5 Å².